The maximum Gasteiger partial charge on any atom is 0.170 e. The number of nitrogens with one attached hydrogen (secondary N) is 1. The number of fused-ring (bicyclic) bond motifs is 1. The van der Waals surface area contributed by atoms with Gasteiger partial charge in [-0.3, -0.25) is 4.79 Å². The monoisotopic (exact) mass is 245 g/mol. The molecule has 3 rings (SSSR count). The number of ketones is 1. The Morgan fingerprint density at radius 3 is 3.11 bits per heavy atom. The van der Waals surface area contributed by atoms with Crippen molar-refractivity contribution in [3.05, 3.63) is 29.3 Å². The Balaban J connectivity index is 1.92. The zero-order valence-corrected chi connectivity index (χ0v) is 10.8. The van der Waals surface area contributed by atoms with Crippen LogP contribution in [0.15, 0.2) is 18.2 Å². The molecule has 0 spiro atoms. The summed E-state index contributed by atoms with van der Waals surface area (Å²) in [5.74, 6) is 1.24. The lowest BCUT2D eigenvalue weighted by molar-refractivity contribution is 0.0810. The molecule has 1 atom stereocenters. The lowest BCUT2D eigenvalue weighted by atomic mass is 9.77. The highest BCUT2D eigenvalue weighted by Crippen LogP contribution is 2.35. The highest BCUT2D eigenvalue weighted by Gasteiger charge is 2.39. The second-order valence-corrected chi connectivity index (χ2v) is 5.31. The van der Waals surface area contributed by atoms with Crippen LogP contribution >= 0.6 is 0 Å². The van der Waals surface area contributed by atoms with E-state index in [-0.39, 0.29) is 5.41 Å². The van der Waals surface area contributed by atoms with Crippen LogP contribution in [0.25, 0.3) is 0 Å². The summed E-state index contributed by atoms with van der Waals surface area (Å²) >= 11 is 0. The third-order valence-electron chi connectivity index (χ3n) is 4.35. The molecule has 1 fully saturated rings. The Kier molecular flexibility index (Phi) is 2.86. The summed E-state index contributed by atoms with van der Waals surface area (Å²) in [4.78, 5) is 12.7. The normalized spacial score (nSPS) is 25.8. The largest absolute Gasteiger partial charge is 0.493 e. The van der Waals surface area contributed by atoms with Crippen LogP contribution < -0.4 is 10.1 Å². The molecule has 2 aliphatic rings. The second-order valence-electron chi connectivity index (χ2n) is 5.31. The van der Waals surface area contributed by atoms with E-state index in [1.165, 1.54) is 5.56 Å². The van der Waals surface area contributed by atoms with E-state index in [1.807, 2.05) is 18.2 Å². The fourth-order valence-corrected chi connectivity index (χ4v) is 3.03. The van der Waals surface area contributed by atoms with Crippen LogP contribution in [0.2, 0.25) is 0 Å². The lowest BCUT2D eigenvalue weighted by Crippen LogP contribution is -2.33. The van der Waals surface area contributed by atoms with E-state index in [4.69, 9.17) is 4.74 Å². The van der Waals surface area contributed by atoms with Gasteiger partial charge in [0.25, 0.3) is 0 Å². The average molecular weight is 245 g/mol. The molecule has 1 unspecified atom stereocenters. The number of ether oxygens (including phenoxy) is 1. The molecule has 96 valence electrons. The maximum absolute atomic E-state index is 12.7. The summed E-state index contributed by atoms with van der Waals surface area (Å²) in [7, 11) is 0. The Hall–Kier alpha value is -1.35. The molecule has 0 aliphatic carbocycles. The summed E-state index contributed by atoms with van der Waals surface area (Å²) in [6.45, 7) is 4.62. The van der Waals surface area contributed by atoms with Crippen LogP contribution in [0.4, 0.5) is 0 Å². The molecule has 0 saturated carbocycles. The smallest absolute Gasteiger partial charge is 0.170 e. The quantitative estimate of drug-likeness (QED) is 0.830. The number of carbonyl (C=O) groups is 1. The van der Waals surface area contributed by atoms with Gasteiger partial charge in [0.2, 0.25) is 0 Å². The molecule has 1 saturated heterocycles. The van der Waals surface area contributed by atoms with E-state index in [0.29, 0.717) is 5.78 Å². The Morgan fingerprint density at radius 1 is 1.50 bits per heavy atom. The van der Waals surface area contributed by atoms with Gasteiger partial charge in [0.15, 0.2) is 5.78 Å². The van der Waals surface area contributed by atoms with Crippen molar-refractivity contribution in [3.8, 4) is 5.75 Å². The molecule has 3 heteroatoms. The van der Waals surface area contributed by atoms with Gasteiger partial charge in [-0.05, 0) is 43.1 Å². The predicted molar refractivity (Wildman–Crippen MR) is 70.2 cm³/mol. The van der Waals surface area contributed by atoms with Gasteiger partial charge in [-0.25, -0.2) is 0 Å². The van der Waals surface area contributed by atoms with Gasteiger partial charge in [0.1, 0.15) is 5.75 Å². The first-order chi connectivity index (χ1) is 8.75. The average Bonchev–Trinajstić information content (AvgIpc) is 3.06. The van der Waals surface area contributed by atoms with Crippen LogP contribution in [0, 0.1) is 5.41 Å². The number of hydrogen-bond acceptors (Lipinski definition) is 3. The minimum absolute atomic E-state index is 0.187. The van der Waals surface area contributed by atoms with Crippen LogP contribution in [0.5, 0.6) is 5.75 Å². The molecule has 0 amide bonds. The first-order valence-corrected chi connectivity index (χ1v) is 6.76. The molecular weight excluding hydrogens is 226 g/mol. The van der Waals surface area contributed by atoms with Crippen molar-refractivity contribution in [3.63, 3.8) is 0 Å². The summed E-state index contributed by atoms with van der Waals surface area (Å²) in [5, 5.41) is 3.32. The predicted octanol–water partition coefficient (Wildman–Crippen LogP) is 2.19. The fourth-order valence-electron chi connectivity index (χ4n) is 3.03. The molecule has 1 aromatic carbocycles. The summed E-state index contributed by atoms with van der Waals surface area (Å²) < 4.78 is 5.49. The molecule has 3 nitrogen and oxygen atoms in total. The standard InChI is InChI=1S/C15H19NO2/c1-2-15(6-7-16-10-15)14(17)12-3-4-13-11(9-12)5-8-18-13/h3-4,9,16H,2,5-8,10H2,1H3. The number of hydrogen-bond donors (Lipinski definition) is 1. The molecule has 2 heterocycles. The minimum Gasteiger partial charge on any atom is -0.493 e. The Morgan fingerprint density at radius 2 is 2.39 bits per heavy atom. The second kappa shape index (κ2) is 4.39. The third-order valence-corrected chi connectivity index (χ3v) is 4.35. The molecule has 0 bridgehead atoms. The Bertz CT molecular complexity index is 475. The zero-order valence-electron chi connectivity index (χ0n) is 10.8. The SMILES string of the molecule is CCC1(C(=O)c2ccc3c(c2)CCO3)CCNC1. The van der Waals surface area contributed by atoms with Gasteiger partial charge < -0.3 is 10.1 Å². The van der Waals surface area contributed by atoms with Crippen molar-refractivity contribution in [1.82, 2.24) is 5.32 Å². The van der Waals surface area contributed by atoms with Crippen molar-refractivity contribution in [2.45, 2.75) is 26.2 Å². The van der Waals surface area contributed by atoms with Crippen molar-refractivity contribution >= 4 is 5.78 Å². The molecule has 1 aromatic rings. The molecule has 0 aromatic heterocycles. The van der Waals surface area contributed by atoms with E-state index in [1.54, 1.807) is 0 Å². The maximum atomic E-state index is 12.7. The Labute approximate surface area is 108 Å². The first-order valence-electron chi connectivity index (χ1n) is 6.76. The lowest BCUT2D eigenvalue weighted by Gasteiger charge is -2.25. The highest BCUT2D eigenvalue weighted by atomic mass is 16.5. The van der Waals surface area contributed by atoms with E-state index in [9.17, 15) is 4.79 Å². The highest BCUT2D eigenvalue weighted by molar-refractivity contribution is 6.01. The first kappa shape index (κ1) is 11.7. The molecule has 0 radical (unpaired) electrons. The third kappa shape index (κ3) is 1.74. The van der Waals surface area contributed by atoms with Crippen LogP contribution in [0.3, 0.4) is 0 Å². The summed E-state index contributed by atoms with van der Waals surface area (Å²) in [6, 6.07) is 5.89. The number of carbonyl (C=O) groups excluding carboxylic acids is 1. The van der Waals surface area contributed by atoms with Crippen LogP contribution in [-0.4, -0.2) is 25.5 Å². The molecular formula is C15H19NO2. The van der Waals surface area contributed by atoms with Gasteiger partial charge in [-0.15, -0.1) is 0 Å². The van der Waals surface area contributed by atoms with Crippen molar-refractivity contribution in [2.75, 3.05) is 19.7 Å². The minimum atomic E-state index is -0.187. The number of rotatable bonds is 3. The molecule has 1 N–H and O–H groups in total. The van der Waals surface area contributed by atoms with Crippen molar-refractivity contribution in [1.29, 1.82) is 0 Å². The van der Waals surface area contributed by atoms with E-state index >= 15 is 0 Å². The van der Waals surface area contributed by atoms with Gasteiger partial charge in [-0.2, -0.15) is 0 Å². The fraction of sp³-hybridized carbons (Fsp3) is 0.533. The summed E-state index contributed by atoms with van der Waals surface area (Å²) in [5.41, 5.74) is 1.84. The van der Waals surface area contributed by atoms with E-state index in [0.717, 1.165) is 50.3 Å². The number of Topliss-reactive ketones (excluding diaryl/α,β-unsaturated/α-hetero) is 1. The van der Waals surface area contributed by atoms with Crippen molar-refractivity contribution in [2.24, 2.45) is 5.41 Å². The van der Waals surface area contributed by atoms with E-state index < -0.39 is 0 Å². The van der Waals surface area contributed by atoms with Gasteiger partial charge in [0, 0.05) is 23.9 Å². The number of benzene rings is 1. The van der Waals surface area contributed by atoms with E-state index in [2.05, 4.69) is 12.2 Å². The zero-order chi connectivity index (χ0) is 12.6. The van der Waals surface area contributed by atoms with Crippen LogP contribution in [-0.2, 0) is 6.42 Å². The summed E-state index contributed by atoms with van der Waals surface area (Å²) in [6.07, 6.45) is 2.79. The van der Waals surface area contributed by atoms with Gasteiger partial charge in [-0.1, -0.05) is 6.92 Å². The molecule has 18 heavy (non-hydrogen) atoms. The van der Waals surface area contributed by atoms with Gasteiger partial charge in [0.05, 0.1) is 6.61 Å². The van der Waals surface area contributed by atoms with Gasteiger partial charge >= 0.3 is 0 Å². The topological polar surface area (TPSA) is 38.3 Å². The van der Waals surface area contributed by atoms with Crippen LogP contribution in [0.1, 0.15) is 35.7 Å². The molecule has 2 aliphatic heterocycles. The van der Waals surface area contributed by atoms with Crippen molar-refractivity contribution < 1.29 is 9.53 Å².